The van der Waals surface area contributed by atoms with Gasteiger partial charge in [0, 0.05) is 12.6 Å². The number of aryl methyl sites for hydroxylation is 1. The first-order chi connectivity index (χ1) is 9.10. The fourth-order valence-electron chi connectivity index (χ4n) is 1.81. The Balaban J connectivity index is 2.07. The molecule has 2 rings (SSSR count). The molecule has 0 aliphatic heterocycles. The quantitative estimate of drug-likeness (QED) is 0.821. The van der Waals surface area contributed by atoms with Crippen LogP contribution in [0.1, 0.15) is 18.1 Å². The molecule has 0 atom stereocenters. The van der Waals surface area contributed by atoms with Crippen molar-refractivity contribution >= 4 is 23.0 Å². The summed E-state index contributed by atoms with van der Waals surface area (Å²) in [5.74, 6) is -0.473. The van der Waals surface area contributed by atoms with E-state index in [0.717, 1.165) is 12.0 Å². The maximum absolute atomic E-state index is 13.4. The number of nitrogen functional groups attached to an aromatic ring is 1. The predicted octanol–water partition coefficient (Wildman–Crippen LogP) is 4.24. The Labute approximate surface area is 117 Å². The smallest absolute Gasteiger partial charge is 0.143 e. The van der Waals surface area contributed by atoms with Gasteiger partial charge >= 0.3 is 0 Å². The summed E-state index contributed by atoms with van der Waals surface area (Å²) in [4.78, 5) is 0. The van der Waals surface area contributed by atoms with E-state index in [4.69, 9.17) is 17.3 Å². The van der Waals surface area contributed by atoms with Crippen LogP contribution in [0.15, 0.2) is 36.4 Å². The van der Waals surface area contributed by atoms with Gasteiger partial charge in [-0.2, -0.15) is 0 Å². The van der Waals surface area contributed by atoms with E-state index in [-0.39, 0.29) is 5.02 Å². The number of nitrogens with one attached hydrogen (secondary N) is 1. The van der Waals surface area contributed by atoms with Crippen molar-refractivity contribution in [1.82, 2.24) is 0 Å². The number of hydrogen-bond acceptors (Lipinski definition) is 2. The highest BCUT2D eigenvalue weighted by molar-refractivity contribution is 6.31. The fourth-order valence-corrected chi connectivity index (χ4v) is 1.98. The van der Waals surface area contributed by atoms with Crippen LogP contribution in [-0.4, -0.2) is 0 Å². The van der Waals surface area contributed by atoms with Gasteiger partial charge in [0.05, 0.1) is 16.4 Å². The first-order valence-corrected chi connectivity index (χ1v) is 6.54. The Morgan fingerprint density at radius 3 is 2.42 bits per heavy atom. The van der Waals surface area contributed by atoms with Crippen LogP contribution >= 0.6 is 11.6 Å². The third-order valence-electron chi connectivity index (χ3n) is 3.01. The molecule has 3 N–H and O–H groups in total. The number of rotatable bonds is 4. The van der Waals surface area contributed by atoms with E-state index in [1.807, 2.05) is 12.1 Å². The lowest BCUT2D eigenvalue weighted by atomic mass is 10.1. The molecule has 0 aromatic heterocycles. The van der Waals surface area contributed by atoms with E-state index >= 15 is 0 Å². The van der Waals surface area contributed by atoms with Gasteiger partial charge < -0.3 is 11.1 Å². The second-order valence-corrected chi connectivity index (χ2v) is 4.78. The van der Waals surface area contributed by atoms with Gasteiger partial charge in [-0.1, -0.05) is 42.8 Å². The van der Waals surface area contributed by atoms with Crippen LogP contribution in [0, 0.1) is 5.82 Å². The zero-order valence-electron chi connectivity index (χ0n) is 10.7. The summed E-state index contributed by atoms with van der Waals surface area (Å²) >= 11 is 5.65. The van der Waals surface area contributed by atoms with Crippen LogP contribution in [0.25, 0.3) is 0 Å². The van der Waals surface area contributed by atoms with E-state index in [0.29, 0.717) is 17.9 Å². The molecular formula is C15H16ClFN2. The summed E-state index contributed by atoms with van der Waals surface area (Å²) in [6.07, 6.45) is 1.02. The highest BCUT2D eigenvalue weighted by Gasteiger charge is 2.06. The Kier molecular flexibility index (Phi) is 4.27. The average Bonchev–Trinajstić information content (AvgIpc) is 2.42. The number of benzene rings is 2. The molecule has 0 fully saturated rings. The van der Waals surface area contributed by atoms with Crippen LogP contribution in [0.2, 0.25) is 5.02 Å². The second kappa shape index (κ2) is 5.93. The summed E-state index contributed by atoms with van der Waals surface area (Å²) in [5, 5.41) is 3.15. The van der Waals surface area contributed by atoms with E-state index in [1.165, 1.54) is 17.7 Å². The topological polar surface area (TPSA) is 38.0 Å². The Hall–Kier alpha value is -1.74. The van der Waals surface area contributed by atoms with Crippen molar-refractivity contribution in [1.29, 1.82) is 0 Å². The minimum atomic E-state index is -0.473. The zero-order valence-corrected chi connectivity index (χ0v) is 11.5. The third kappa shape index (κ3) is 3.38. The van der Waals surface area contributed by atoms with E-state index in [1.54, 1.807) is 0 Å². The number of anilines is 2. The molecule has 4 heteroatoms. The predicted molar refractivity (Wildman–Crippen MR) is 79.0 cm³/mol. The molecule has 0 spiro atoms. The monoisotopic (exact) mass is 278 g/mol. The lowest BCUT2D eigenvalue weighted by Crippen LogP contribution is -2.03. The summed E-state index contributed by atoms with van der Waals surface area (Å²) in [6, 6.07) is 11.0. The van der Waals surface area contributed by atoms with Gasteiger partial charge in [-0.3, -0.25) is 0 Å². The first kappa shape index (κ1) is 13.7. The SMILES string of the molecule is CCc1ccc(CNc2cc(F)c(Cl)cc2N)cc1. The number of hydrogen-bond donors (Lipinski definition) is 2. The van der Waals surface area contributed by atoms with Crippen LogP contribution in [-0.2, 0) is 13.0 Å². The molecule has 0 amide bonds. The molecule has 2 aromatic rings. The van der Waals surface area contributed by atoms with E-state index in [2.05, 4.69) is 24.4 Å². The van der Waals surface area contributed by atoms with Crippen molar-refractivity contribution in [2.45, 2.75) is 19.9 Å². The maximum atomic E-state index is 13.4. The molecule has 100 valence electrons. The van der Waals surface area contributed by atoms with Crippen LogP contribution < -0.4 is 11.1 Å². The van der Waals surface area contributed by atoms with Crippen molar-refractivity contribution in [3.8, 4) is 0 Å². The molecular weight excluding hydrogens is 263 g/mol. The van der Waals surface area contributed by atoms with Crippen LogP contribution in [0.4, 0.5) is 15.8 Å². The minimum absolute atomic E-state index is 0.0374. The van der Waals surface area contributed by atoms with Gasteiger partial charge in [0.1, 0.15) is 5.82 Å². The van der Waals surface area contributed by atoms with E-state index < -0.39 is 5.82 Å². The summed E-state index contributed by atoms with van der Waals surface area (Å²) < 4.78 is 13.4. The molecule has 0 aliphatic rings. The molecule has 0 radical (unpaired) electrons. The second-order valence-electron chi connectivity index (χ2n) is 4.38. The molecule has 0 bridgehead atoms. The number of halogens is 2. The van der Waals surface area contributed by atoms with Crippen molar-refractivity contribution in [3.05, 3.63) is 58.4 Å². The largest absolute Gasteiger partial charge is 0.397 e. The Morgan fingerprint density at radius 1 is 1.16 bits per heavy atom. The number of nitrogens with two attached hydrogens (primary N) is 1. The van der Waals surface area contributed by atoms with Crippen molar-refractivity contribution < 1.29 is 4.39 Å². The molecule has 0 saturated heterocycles. The van der Waals surface area contributed by atoms with Gasteiger partial charge in [-0.15, -0.1) is 0 Å². The third-order valence-corrected chi connectivity index (χ3v) is 3.30. The van der Waals surface area contributed by atoms with Crippen molar-refractivity contribution in [2.24, 2.45) is 0 Å². The van der Waals surface area contributed by atoms with Crippen LogP contribution in [0.3, 0.4) is 0 Å². The molecule has 19 heavy (non-hydrogen) atoms. The molecule has 0 saturated carbocycles. The van der Waals surface area contributed by atoms with Crippen LogP contribution in [0.5, 0.6) is 0 Å². The average molecular weight is 279 g/mol. The Bertz CT molecular complexity index is 567. The molecule has 0 unspecified atom stereocenters. The van der Waals surface area contributed by atoms with Crippen molar-refractivity contribution in [2.75, 3.05) is 11.1 Å². The fraction of sp³-hybridized carbons (Fsp3) is 0.200. The lowest BCUT2D eigenvalue weighted by molar-refractivity contribution is 0.629. The molecule has 0 aliphatic carbocycles. The molecule has 2 nitrogen and oxygen atoms in total. The van der Waals surface area contributed by atoms with E-state index in [9.17, 15) is 4.39 Å². The summed E-state index contributed by atoms with van der Waals surface area (Å²) in [5.41, 5.74) is 9.19. The summed E-state index contributed by atoms with van der Waals surface area (Å²) in [6.45, 7) is 2.71. The molecule has 0 heterocycles. The highest BCUT2D eigenvalue weighted by Crippen LogP contribution is 2.26. The minimum Gasteiger partial charge on any atom is -0.397 e. The molecule has 2 aromatic carbocycles. The highest BCUT2D eigenvalue weighted by atomic mass is 35.5. The van der Waals surface area contributed by atoms with Gasteiger partial charge in [-0.25, -0.2) is 4.39 Å². The lowest BCUT2D eigenvalue weighted by Gasteiger charge is -2.10. The summed E-state index contributed by atoms with van der Waals surface area (Å²) in [7, 11) is 0. The van der Waals surface area contributed by atoms with Gasteiger partial charge in [0.25, 0.3) is 0 Å². The Morgan fingerprint density at radius 2 is 1.79 bits per heavy atom. The van der Waals surface area contributed by atoms with Gasteiger partial charge in [0.15, 0.2) is 0 Å². The zero-order chi connectivity index (χ0) is 13.8. The standard InChI is InChI=1S/C15H16ClFN2/c1-2-10-3-5-11(6-4-10)9-19-15-8-13(17)12(16)7-14(15)18/h3-8,19H,2,9,18H2,1H3. The van der Waals surface area contributed by atoms with Gasteiger partial charge in [0.2, 0.25) is 0 Å². The van der Waals surface area contributed by atoms with Gasteiger partial charge in [-0.05, 0) is 23.6 Å². The maximum Gasteiger partial charge on any atom is 0.143 e. The van der Waals surface area contributed by atoms with Crippen molar-refractivity contribution in [3.63, 3.8) is 0 Å². The first-order valence-electron chi connectivity index (χ1n) is 6.16. The normalized spacial score (nSPS) is 10.5.